The van der Waals surface area contributed by atoms with Gasteiger partial charge in [-0.2, -0.15) is 0 Å². The van der Waals surface area contributed by atoms with E-state index in [1.807, 2.05) is 0 Å². The number of nitrogens with two attached hydrogens (primary N) is 3. The van der Waals surface area contributed by atoms with Gasteiger partial charge in [-0.3, -0.25) is 30.3 Å². The van der Waals surface area contributed by atoms with Crippen molar-refractivity contribution in [3.8, 4) is 23.7 Å². The van der Waals surface area contributed by atoms with E-state index in [2.05, 4.69) is 37.5 Å². The van der Waals surface area contributed by atoms with Gasteiger partial charge in [-0.15, -0.1) is 0 Å². The smallest absolute Gasteiger partial charge is 0.300 e. The standard InChI is InChI=1S/C21H31N3O4.C21H33N3O2/c1-2-3-4-5-6-7-8-9-10-11-12-13-14-15-18-16-19(23(25)26)21(22)20(17-18)24(27)28;1-2-3-4-5-6-7-8-9-10-11-12-13-14-15-18-16-19(22)21(23)20(17-18)24(25)26/h16-17H,2-13,22H2,1H3;16-17H,2-13,22-23H2,1H3. The molecule has 12 heteroatoms. The molecule has 0 fully saturated rings. The zero-order chi connectivity index (χ0) is 40.0. The maximum absolute atomic E-state index is 11.0. The second kappa shape index (κ2) is 29.6. The molecule has 12 nitrogen and oxygen atoms in total. The van der Waals surface area contributed by atoms with E-state index in [4.69, 9.17) is 17.2 Å². The quantitative estimate of drug-likeness (QED) is 0.0289. The second-order valence-electron chi connectivity index (χ2n) is 13.9. The molecule has 0 aliphatic rings. The maximum Gasteiger partial charge on any atom is 0.300 e. The van der Waals surface area contributed by atoms with Gasteiger partial charge in [0.1, 0.15) is 5.69 Å². The third-order valence-electron chi connectivity index (χ3n) is 9.19. The summed E-state index contributed by atoms with van der Waals surface area (Å²) in [5, 5.41) is 32.9. The fourth-order valence-corrected chi connectivity index (χ4v) is 5.96. The monoisotopic (exact) mass is 748 g/mol. The van der Waals surface area contributed by atoms with Gasteiger partial charge in [-0.25, -0.2) is 0 Å². The minimum atomic E-state index is -0.725. The molecule has 2 aromatic rings. The number of hydrogen-bond acceptors (Lipinski definition) is 9. The first kappa shape index (κ1) is 47.2. The van der Waals surface area contributed by atoms with E-state index in [0.29, 0.717) is 12.0 Å². The van der Waals surface area contributed by atoms with Crippen LogP contribution in [0.1, 0.15) is 179 Å². The summed E-state index contributed by atoms with van der Waals surface area (Å²) in [7, 11) is 0. The Morgan fingerprint density at radius 1 is 0.444 bits per heavy atom. The highest BCUT2D eigenvalue weighted by Gasteiger charge is 2.23. The van der Waals surface area contributed by atoms with Gasteiger partial charge in [0.15, 0.2) is 5.69 Å². The van der Waals surface area contributed by atoms with Crippen LogP contribution in [0.4, 0.5) is 34.1 Å². The molecule has 0 aliphatic heterocycles. The zero-order valence-corrected chi connectivity index (χ0v) is 32.8. The Morgan fingerprint density at radius 3 is 1.04 bits per heavy atom. The molecule has 54 heavy (non-hydrogen) atoms. The van der Waals surface area contributed by atoms with Crippen LogP contribution in [0.5, 0.6) is 0 Å². The Kier molecular flexibility index (Phi) is 25.9. The Labute approximate surface area is 322 Å². The van der Waals surface area contributed by atoms with Crippen molar-refractivity contribution in [2.45, 2.75) is 168 Å². The number of nitro benzene ring substituents is 3. The van der Waals surface area contributed by atoms with E-state index in [1.165, 1.54) is 140 Å². The number of hydrogen-bond donors (Lipinski definition) is 3. The van der Waals surface area contributed by atoms with Crippen LogP contribution < -0.4 is 17.2 Å². The van der Waals surface area contributed by atoms with Gasteiger partial charge in [-0.05, 0) is 18.9 Å². The van der Waals surface area contributed by atoms with Gasteiger partial charge in [0.05, 0.1) is 20.5 Å². The number of rotatable bonds is 25. The van der Waals surface area contributed by atoms with Crippen molar-refractivity contribution in [2.75, 3.05) is 17.2 Å². The summed E-state index contributed by atoms with van der Waals surface area (Å²) in [6, 6.07) is 5.36. The van der Waals surface area contributed by atoms with Gasteiger partial charge >= 0.3 is 0 Å². The number of nitrogen functional groups attached to an aromatic ring is 3. The molecule has 0 radical (unpaired) electrons. The lowest BCUT2D eigenvalue weighted by Gasteiger charge is -2.02. The predicted octanol–water partition coefficient (Wildman–Crippen LogP) is 11.9. The topological polar surface area (TPSA) is 207 Å². The average Bonchev–Trinajstić information content (AvgIpc) is 3.14. The van der Waals surface area contributed by atoms with E-state index >= 15 is 0 Å². The molecule has 2 rings (SSSR count). The summed E-state index contributed by atoms with van der Waals surface area (Å²) < 4.78 is 0. The molecule has 0 unspecified atom stereocenters. The molecule has 0 amide bonds. The largest absolute Gasteiger partial charge is 0.397 e. The van der Waals surface area contributed by atoms with Gasteiger partial charge in [0.25, 0.3) is 17.1 Å². The minimum absolute atomic E-state index is 0.00548. The van der Waals surface area contributed by atoms with Gasteiger partial charge in [-0.1, -0.05) is 166 Å². The first-order chi connectivity index (χ1) is 26.0. The lowest BCUT2D eigenvalue weighted by molar-refractivity contribution is -0.392. The third kappa shape index (κ3) is 21.0. The van der Waals surface area contributed by atoms with Crippen LogP contribution in [0, 0.1) is 54.0 Å². The Morgan fingerprint density at radius 2 is 0.722 bits per heavy atom. The number of unbranched alkanes of at least 4 members (excludes halogenated alkanes) is 22. The van der Waals surface area contributed by atoms with Crippen LogP contribution in [-0.4, -0.2) is 14.8 Å². The summed E-state index contributed by atoms with van der Waals surface area (Å²) in [6.07, 6.45) is 29.6. The molecule has 0 saturated carbocycles. The fraction of sp³-hybridized carbons (Fsp3) is 0.619. The highest BCUT2D eigenvalue weighted by atomic mass is 16.6. The maximum atomic E-state index is 11.0. The highest BCUT2D eigenvalue weighted by molar-refractivity contribution is 5.76. The second-order valence-corrected chi connectivity index (χ2v) is 13.9. The molecule has 298 valence electrons. The van der Waals surface area contributed by atoms with Crippen molar-refractivity contribution < 1.29 is 14.8 Å². The summed E-state index contributed by atoms with van der Waals surface area (Å²) in [5.74, 6) is 11.8. The third-order valence-corrected chi connectivity index (χ3v) is 9.19. The van der Waals surface area contributed by atoms with Gasteiger partial charge in [0.2, 0.25) is 0 Å². The van der Waals surface area contributed by atoms with Crippen molar-refractivity contribution in [3.63, 3.8) is 0 Å². The van der Waals surface area contributed by atoms with Gasteiger partial charge in [0, 0.05) is 42.2 Å². The molecule has 0 atom stereocenters. The number of benzene rings is 2. The molecule has 0 saturated heterocycles. The van der Waals surface area contributed by atoms with Crippen molar-refractivity contribution in [1.82, 2.24) is 0 Å². The van der Waals surface area contributed by atoms with Crippen molar-refractivity contribution >= 4 is 34.1 Å². The molecule has 0 bridgehead atoms. The minimum Gasteiger partial charge on any atom is -0.397 e. The summed E-state index contributed by atoms with van der Waals surface area (Å²) in [5.41, 5.74) is 16.2. The van der Waals surface area contributed by atoms with E-state index in [0.717, 1.165) is 25.7 Å². The SMILES string of the molecule is CCCCCCCCCCCCCC#Cc1cc(N)c(N)c([N+](=O)[O-])c1.CCCCCCCCCCCCCC#Cc1cc([N+](=O)[O-])c(N)c([N+](=O)[O-])c1. The lowest BCUT2D eigenvalue weighted by atomic mass is 10.1. The molecule has 0 spiro atoms. The average molecular weight is 749 g/mol. The molecular formula is C42H64N6O6. The van der Waals surface area contributed by atoms with Crippen LogP contribution >= 0.6 is 0 Å². The van der Waals surface area contributed by atoms with E-state index < -0.39 is 31.8 Å². The van der Waals surface area contributed by atoms with E-state index in [1.54, 1.807) is 6.07 Å². The molecular weight excluding hydrogens is 684 g/mol. The predicted molar refractivity (Wildman–Crippen MR) is 222 cm³/mol. The van der Waals surface area contributed by atoms with Crippen LogP contribution in [-0.2, 0) is 0 Å². The molecule has 6 N–H and O–H groups in total. The number of nitro groups is 3. The zero-order valence-electron chi connectivity index (χ0n) is 32.8. The molecule has 0 aromatic heterocycles. The van der Waals surface area contributed by atoms with E-state index in [9.17, 15) is 30.3 Å². The van der Waals surface area contributed by atoms with Crippen molar-refractivity contribution in [3.05, 3.63) is 65.7 Å². The summed E-state index contributed by atoms with van der Waals surface area (Å²) in [6.45, 7) is 4.48. The Balaban J connectivity index is 0.000000541. The molecule has 0 heterocycles. The first-order valence-electron chi connectivity index (χ1n) is 20.1. The first-order valence-corrected chi connectivity index (χ1v) is 20.1. The van der Waals surface area contributed by atoms with Crippen LogP contribution in [0.2, 0.25) is 0 Å². The van der Waals surface area contributed by atoms with E-state index in [-0.39, 0.29) is 22.6 Å². The normalized spacial score (nSPS) is 10.3. The molecule has 0 aliphatic carbocycles. The highest BCUT2D eigenvalue weighted by Crippen LogP contribution is 2.32. The summed E-state index contributed by atoms with van der Waals surface area (Å²) >= 11 is 0. The Hall–Kier alpha value is -4.84. The van der Waals surface area contributed by atoms with Crippen LogP contribution in [0.25, 0.3) is 0 Å². The van der Waals surface area contributed by atoms with Crippen molar-refractivity contribution in [1.29, 1.82) is 0 Å². The lowest BCUT2D eigenvalue weighted by Crippen LogP contribution is -2.01. The summed E-state index contributed by atoms with van der Waals surface area (Å²) in [4.78, 5) is 30.9. The fourth-order valence-electron chi connectivity index (χ4n) is 5.96. The Bertz CT molecular complexity index is 1520. The number of nitrogens with zero attached hydrogens (tertiary/aromatic N) is 3. The molecule has 2 aromatic carbocycles. The van der Waals surface area contributed by atoms with Crippen LogP contribution in [0.15, 0.2) is 24.3 Å². The van der Waals surface area contributed by atoms with Crippen LogP contribution in [0.3, 0.4) is 0 Å². The van der Waals surface area contributed by atoms with Gasteiger partial charge < -0.3 is 17.2 Å². The number of anilines is 3. The van der Waals surface area contributed by atoms with Crippen molar-refractivity contribution in [2.24, 2.45) is 0 Å².